The van der Waals surface area contributed by atoms with Crippen LogP contribution in [0.4, 0.5) is 0 Å². The minimum absolute atomic E-state index is 0.195. The molecule has 2 aromatic carbocycles. The van der Waals surface area contributed by atoms with Gasteiger partial charge in [-0.1, -0.05) is 54.6 Å². The molecule has 1 fully saturated rings. The second-order valence-corrected chi connectivity index (χ2v) is 7.74. The summed E-state index contributed by atoms with van der Waals surface area (Å²) in [6.07, 6.45) is 0.821. The molecule has 1 aliphatic rings. The molecular weight excluding hydrogens is 295 g/mol. The van der Waals surface area contributed by atoms with Crippen LogP contribution in [0.2, 0.25) is 6.32 Å². The van der Waals surface area contributed by atoms with Crippen LogP contribution >= 0.6 is 0 Å². The Morgan fingerprint density at radius 1 is 0.833 bits per heavy atom. The smallest absolute Gasteiger partial charge is 0.403 e. The van der Waals surface area contributed by atoms with E-state index in [1.807, 2.05) is 0 Å². The molecule has 2 aromatic rings. The van der Waals surface area contributed by atoms with Crippen molar-refractivity contribution in [2.45, 2.75) is 58.1 Å². The maximum absolute atomic E-state index is 6.26. The van der Waals surface area contributed by atoms with Gasteiger partial charge in [-0.3, -0.25) is 0 Å². The van der Waals surface area contributed by atoms with Crippen molar-refractivity contribution in [3.05, 3.63) is 71.3 Å². The van der Waals surface area contributed by atoms with Crippen molar-refractivity contribution in [1.82, 2.24) is 0 Å². The van der Waals surface area contributed by atoms with Gasteiger partial charge in [0.2, 0.25) is 0 Å². The third-order valence-electron chi connectivity index (χ3n) is 5.50. The van der Waals surface area contributed by atoms with Crippen LogP contribution in [0.3, 0.4) is 0 Å². The standard InChI is InChI=1S/C21H27BO2/c1-16-11-9-10-14-18(16)19(17-12-7-6-8-13-17)15-22-23-20(2,3)21(4,5)24-22/h6-14,19H,15H2,1-5H3/t19-/m1/s1. The van der Waals surface area contributed by atoms with E-state index in [4.69, 9.17) is 9.31 Å². The molecule has 0 unspecified atom stereocenters. The highest BCUT2D eigenvalue weighted by atomic mass is 16.7. The second kappa shape index (κ2) is 6.38. The molecule has 1 saturated heterocycles. The highest BCUT2D eigenvalue weighted by Crippen LogP contribution is 2.41. The molecule has 0 amide bonds. The van der Waals surface area contributed by atoms with Gasteiger partial charge in [-0.15, -0.1) is 0 Å². The van der Waals surface area contributed by atoms with E-state index in [-0.39, 0.29) is 24.2 Å². The van der Waals surface area contributed by atoms with Gasteiger partial charge >= 0.3 is 7.12 Å². The third kappa shape index (κ3) is 3.29. The van der Waals surface area contributed by atoms with Crippen molar-refractivity contribution in [3.8, 4) is 0 Å². The molecule has 126 valence electrons. The largest absolute Gasteiger partial charge is 0.458 e. The lowest BCUT2D eigenvalue weighted by Crippen LogP contribution is -2.41. The quantitative estimate of drug-likeness (QED) is 0.719. The molecule has 0 aromatic heterocycles. The molecule has 1 aliphatic heterocycles. The van der Waals surface area contributed by atoms with Gasteiger partial charge in [-0.05, 0) is 57.6 Å². The molecule has 0 radical (unpaired) electrons. The van der Waals surface area contributed by atoms with E-state index in [0.717, 1.165) is 6.32 Å². The summed E-state index contributed by atoms with van der Waals surface area (Å²) in [5, 5.41) is 0. The lowest BCUT2D eigenvalue weighted by molar-refractivity contribution is 0.00578. The van der Waals surface area contributed by atoms with E-state index in [2.05, 4.69) is 89.2 Å². The summed E-state index contributed by atoms with van der Waals surface area (Å²) >= 11 is 0. The number of benzene rings is 2. The van der Waals surface area contributed by atoms with Gasteiger partial charge in [0.1, 0.15) is 0 Å². The van der Waals surface area contributed by atoms with Crippen molar-refractivity contribution < 1.29 is 9.31 Å². The Morgan fingerprint density at radius 3 is 1.96 bits per heavy atom. The van der Waals surface area contributed by atoms with E-state index in [1.165, 1.54) is 16.7 Å². The monoisotopic (exact) mass is 322 g/mol. The molecule has 0 spiro atoms. The van der Waals surface area contributed by atoms with Gasteiger partial charge in [0.05, 0.1) is 11.2 Å². The Kier molecular flexibility index (Phi) is 4.59. The topological polar surface area (TPSA) is 18.5 Å². The maximum Gasteiger partial charge on any atom is 0.458 e. The maximum atomic E-state index is 6.26. The zero-order chi connectivity index (χ0) is 17.4. The molecule has 0 saturated carbocycles. The Bertz CT molecular complexity index is 678. The first-order valence-corrected chi connectivity index (χ1v) is 8.76. The fraction of sp³-hybridized carbons (Fsp3) is 0.429. The summed E-state index contributed by atoms with van der Waals surface area (Å²) in [6, 6.07) is 19.3. The van der Waals surface area contributed by atoms with Crippen LogP contribution in [0.25, 0.3) is 0 Å². The van der Waals surface area contributed by atoms with Crippen LogP contribution in [0.5, 0.6) is 0 Å². The zero-order valence-electron chi connectivity index (χ0n) is 15.4. The van der Waals surface area contributed by atoms with Crippen molar-refractivity contribution >= 4 is 7.12 Å². The molecule has 1 heterocycles. The second-order valence-electron chi connectivity index (χ2n) is 7.74. The van der Waals surface area contributed by atoms with Gasteiger partial charge in [-0.25, -0.2) is 0 Å². The summed E-state index contributed by atoms with van der Waals surface area (Å²) in [5.74, 6) is 0.266. The predicted octanol–water partition coefficient (Wildman–Crippen LogP) is 5.22. The highest BCUT2D eigenvalue weighted by Gasteiger charge is 2.51. The highest BCUT2D eigenvalue weighted by molar-refractivity contribution is 6.45. The molecular formula is C21H27BO2. The molecule has 1 atom stereocenters. The van der Waals surface area contributed by atoms with Gasteiger partial charge in [0.15, 0.2) is 0 Å². The molecule has 0 N–H and O–H groups in total. The van der Waals surface area contributed by atoms with Crippen molar-refractivity contribution in [1.29, 1.82) is 0 Å². The van der Waals surface area contributed by atoms with Crippen molar-refractivity contribution in [3.63, 3.8) is 0 Å². The Labute approximate surface area is 146 Å². The van der Waals surface area contributed by atoms with E-state index in [9.17, 15) is 0 Å². The fourth-order valence-corrected chi connectivity index (χ4v) is 3.36. The SMILES string of the molecule is Cc1ccccc1[C@H](CB1OC(C)(C)C(C)(C)O1)c1ccccc1. The first kappa shape index (κ1) is 17.3. The normalized spacial score (nSPS) is 20.1. The van der Waals surface area contributed by atoms with Gasteiger partial charge in [0, 0.05) is 5.92 Å². The summed E-state index contributed by atoms with van der Waals surface area (Å²) in [5.41, 5.74) is 3.39. The summed E-state index contributed by atoms with van der Waals surface area (Å²) in [6.45, 7) is 10.6. The lowest BCUT2D eigenvalue weighted by atomic mass is 9.71. The van der Waals surface area contributed by atoms with Crippen molar-refractivity contribution in [2.24, 2.45) is 0 Å². The summed E-state index contributed by atoms with van der Waals surface area (Å²) in [7, 11) is -0.195. The number of hydrogen-bond acceptors (Lipinski definition) is 2. The molecule has 3 heteroatoms. The van der Waals surface area contributed by atoms with Crippen LogP contribution in [0.15, 0.2) is 54.6 Å². The van der Waals surface area contributed by atoms with Gasteiger partial charge in [-0.2, -0.15) is 0 Å². The summed E-state index contributed by atoms with van der Waals surface area (Å²) < 4.78 is 12.5. The number of hydrogen-bond donors (Lipinski definition) is 0. The number of rotatable bonds is 4. The van der Waals surface area contributed by atoms with Crippen LogP contribution in [-0.2, 0) is 9.31 Å². The van der Waals surface area contributed by atoms with Crippen molar-refractivity contribution in [2.75, 3.05) is 0 Å². The fourth-order valence-electron chi connectivity index (χ4n) is 3.36. The minimum Gasteiger partial charge on any atom is -0.403 e. The average molecular weight is 322 g/mol. The van der Waals surface area contributed by atoms with E-state index in [0.29, 0.717) is 0 Å². The lowest BCUT2D eigenvalue weighted by Gasteiger charge is -2.32. The van der Waals surface area contributed by atoms with E-state index < -0.39 is 0 Å². The molecule has 0 aliphatic carbocycles. The van der Waals surface area contributed by atoms with Gasteiger partial charge in [0.25, 0.3) is 0 Å². The van der Waals surface area contributed by atoms with Crippen LogP contribution in [0, 0.1) is 6.92 Å². The summed E-state index contributed by atoms with van der Waals surface area (Å²) in [4.78, 5) is 0. The first-order chi connectivity index (χ1) is 11.3. The molecule has 24 heavy (non-hydrogen) atoms. The molecule has 2 nitrogen and oxygen atoms in total. The van der Waals surface area contributed by atoms with E-state index >= 15 is 0 Å². The Morgan fingerprint density at radius 2 is 1.38 bits per heavy atom. The average Bonchev–Trinajstić information content (AvgIpc) is 2.74. The molecule has 3 rings (SSSR count). The van der Waals surface area contributed by atoms with Crippen LogP contribution in [0.1, 0.15) is 50.3 Å². The Balaban J connectivity index is 1.92. The minimum atomic E-state index is -0.287. The number of aryl methyl sites for hydroxylation is 1. The van der Waals surface area contributed by atoms with E-state index in [1.54, 1.807) is 0 Å². The predicted molar refractivity (Wildman–Crippen MR) is 100 cm³/mol. The zero-order valence-corrected chi connectivity index (χ0v) is 15.4. The Hall–Kier alpha value is -1.58. The van der Waals surface area contributed by atoms with Crippen LogP contribution in [-0.4, -0.2) is 18.3 Å². The molecule has 0 bridgehead atoms. The third-order valence-corrected chi connectivity index (χ3v) is 5.50. The van der Waals surface area contributed by atoms with Crippen LogP contribution < -0.4 is 0 Å². The van der Waals surface area contributed by atoms with Gasteiger partial charge < -0.3 is 9.31 Å². The first-order valence-electron chi connectivity index (χ1n) is 8.76.